The lowest BCUT2D eigenvalue weighted by atomic mass is 10.1. The SMILES string of the molecule is CCOCc1ccc(CNC(=NC)NC(C)c2ccc(C)c(F)c2)cc1. The normalized spacial score (nSPS) is 12.7. The van der Waals surface area contributed by atoms with Crippen LogP contribution in [-0.4, -0.2) is 19.6 Å². The second kappa shape index (κ2) is 9.92. The van der Waals surface area contributed by atoms with E-state index in [0.29, 0.717) is 31.3 Å². The second-order valence-electron chi connectivity index (χ2n) is 6.25. The number of rotatable bonds is 7. The number of nitrogens with one attached hydrogen (secondary N) is 2. The monoisotopic (exact) mass is 357 g/mol. The van der Waals surface area contributed by atoms with Gasteiger partial charge >= 0.3 is 0 Å². The molecule has 1 unspecified atom stereocenters. The first kappa shape index (κ1) is 19.9. The van der Waals surface area contributed by atoms with Crippen LogP contribution in [0, 0.1) is 12.7 Å². The third kappa shape index (κ3) is 5.85. The first-order chi connectivity index (χ1) is 12.5. The molecule has 0 spiro atoms. The Kier molecular flexibility index (Phi) is 7.60. The fourth-order valence-electron chi connectivity index (χ4n) is 2.52. The number of hydrogen-bond donors (Lipinski definition) is 2. The summed E-state index contributed by atoms with van der Waals surface area (Å²) in [6, 6.07) is 13.5. The Morgan fingerprint density at radius 3 is 2.46 bits per heavy atom. The number of hydrogen-bond acceptors (Lipinski definition) is 2. The summed E-state index contributed by atoms with van der Waals surface area (Å²) in [5.74, 6) is 0.489. The predicted molar refractivity (Wildman–Crippen MR) is 105 cm³/mol. The molecule has 1 atom stereocenters. The molecule has 4 nitrogen and oxygen atoms in total. The highest BCUT2D eigenvalue weighted by Gasteiger charge is 2.09. The van der Waals surface area contributed by atoms with Crippen molar-refractivity contribution in [2.45, 2.75) is 40.0 Å². The molecule has 0 bridgehead atoms. The van der Waals surface area contributed by atoms with Gasteiger partial charge in [-0.3, -0.25) is 4.99 Å². The molecule has 2 aromatic carbocycles. The first-order valence-corrected chi connectivity index (χ1v) is 8.92. The highest BCUT2D eigenvalue weighted by atomic mass is 19.1. The van der Waals surface area contributed by atoms with E-state index in [9.17, 15) is 4.39 Å². The molecule has 0 aromatic heterocycles. The lowest BCUT2D eigenvalue weighted by Gasteiger charge is -2.19. The lowest BCUT2D eigenvalue weighted by Crippen LogP contribution is -2.38. The molecule has 2 N–H and O–H groups in total. The Morgan fingerprint density at radius 2 is 1.85 bits per heavy atom. The Morgan fingerprint density at radius 1 is 1.15 bits per heavy atom. The maximum Gasteiger partial charge on any atom is 0.191 e. The maximum atomic E-state index is 13.8. The quantitative estimate of drug-likeness (QED) is 0.579. The van der Waals surface area contributed by atoms with Crippen molar-refractivity contribution in [1.82, 2.24) is 10.6 Å². The van der Waals surface area contributed by atoms with E-state index in [1.807, 2.05) is 19.9 Å². The van der Waals surface area contributed by atoms with Crippen molar-refractivity contribution in [3.63, 3.8) is 0 Å². The summed E-state index contributed by atoms with van der Waals surface area (Å²) in [4.78, 5) is 4.25. The molecule has 5 heteroatoms. The summed E-state index contributed by atoms with van der Waals surface area (Å²) in [6.45, 7) is 7.75. The molecule has 0 aliphatic rings. The van der Waals surface area contributed by atoms with E-state index in [1.54, 1.807) is 26.1 Å². The minimum absolute atomic E-state index is 0.0510. The summed E-state index contributed by atoms with van der Waals surface area (Å²) in [6.07, 6.45) is 0. The van der Waals surface area contributed by atoms with Gasteiger partial charge in [-0.1, -0.05) is 36.4 Å². The number of aryl methyl sites for hydroxylation is 1. The van der Waals surface area contributed by atoms with E-state index in [-0.39, 0.29) is 11.9 Å². The Hall–Kier alpha value is -2.40. The number of benzene rings is 2. The zero-order chi connectivity index (χ0) is 18.9. The van der Waals surface area contributed by atoms with Crippen LogP contribution in [0.1, 0.15) is 42.1 Å². The summed E-state index contributed by atoms with van der Waals surface area (Å²) >= 11 is 0. The highest BCUT2D eigenvalue weighted by molar-refractivity contribution is 5.80. The van der Waals surface area contributed by atoms with Gasteiger partial charge in [0.25, 0.3) is 0 Å². The number of ether oxygens (including phenoxy) is 1. The Labute approximate surface area is 155 Å². The van der Waals surface area contributed by atoms with Gasteiger partial charge in [0, 0.05) is 20.2 Å². The summed E-state index contributed by atoms with van der Waals surface area (Å²) < 4.78 is 19.2. The summed E-state index contributed by atoms with van der Waals surface area (Å²) in [5.41, 5.74) is 3.85. The largest absolute Gasteiger partial charge is 0.377 e. The first-order valence-electron chi connectivity index (χ1n) is 8.92. The van der Waals surface area contributed by atoms with Crippen molar-refractivity contribution in [1.29, 1.82) is 0 Å². The van der Waals surface area contributed by atoms with Crippen LogP contribution in [0.25, 0.3) is 0 Å². The standard InChI is InChI=1S/C21H28FN3O/c1-5-26-14-18-9-7-17(8-10-18)13-24-21(23-4)25-16(3)19-11-6-15(2)20(22)12-19/h6-12,16H,5,13-14H2,1-4H3,(H2,23,24,25). The van der Waals surface area contributed by atoms with Gasteiger partial charge in [-0.25, -0.2) is 4.39 Å². The van der Waals surface area contributed by atoms with Crippen LogP contribution >= 0.6 is 0 Å². The van der Waals surface area contributed by atoms with E-state index in [4.69, 9.17) is 4.74 Å². The van der Waals surface area contributed by atoms with Crippen LogP contribution < -0.4 is 10.6 Å². The van der Waals surface area contributed by atoms with Gasteiger partial charge in [-0.2, -0.15) is 0 Å². The molecule has 2 aromatic rings. The van der Waals surface area contributed by atoms with Gasteiger partial charge in [0.05, 0.1) is 12.6 Å². The molecule has 0 radical (unpaired) electrons. The molecule has 0 heterocycles. The fraction of sp³-hybridized carbons (Fsp3) is 0.381. The third-order valence-corrected chi connectivity index (χ3v) is 4.23. The number of aliphatic imine (C=N–C) groups is 1. The van der Waals surface area contributed by atoms with Crippen LogP contribution in [0.2, 0.25) is 0 Å². The second-order valence-corrected chi connectivity index (χ2v) is 6.25. The molecule has 0 aliphatic carbocycles. The molecule has 140 valence electrons. The van der Waals surface area contributed by atoms with E-state index in [0.717, 1.165) is 16.7 Å². The van der Waals surface area contributed by atoms with Gasteiger partial charge in [0.2, 0.25) is 0 Å². The minimum atomic E-state index is -0.189. The number of halogens is 1. The summed E-state index contributed by atoms with van der Waals surface area (Å²) in [5, 5.41) is 6.58. The number of nitrogens with zero attached hydrogens (tertiary/aromatic N) is 1. The lowest BCUT2D eigenvalue weighted by molar-refractivity contribution is 0.134. The maximum absolute atomic E-state index is 13.8. The van der Waals surface area contributed by atoms with Gasteiger partial charge in [0.15, 0.2) is 5.96 Å². The van der Waals surface area contributed by atoms with Crippen LogP contribution in [0.5, 0.6) is 0 Å². The molecule has 0 fully saturated rings. The van der Waals surface area contributed by atoms with Gasteiger partial charge in [0.1, 0.15) is 5.82 Å². The van der Waals surface area contributed by atoms with E-state index in [2.05, 4.69) is 39.9 Å². The van der Waals surface area contributed by atoms with Crippen LogP contribution in [-0.2, 0) is 17.9 Å². The average molecular weight is 357 g/mol. The average Bonchev–Trinajstić information content (AvgIpc) is 2.66. The van der Waals surface area contributed by atoms with E-state index < -0.39 is 0 Å². The molecular formula is C21H28FN3O. The highest BCUT2D eigenvalue weighted by Crippen LogP contribution is 2.16. The molecule has 2 rings (SSSR count). The molecule has 0 saturated heterocycles. The molecular weight excluding hydrogens is 329 g/mol. The van der Waals surface area contributed by atoms with Crippen LogP contribution in [0.3, 0.4) is 0 Å². The van der Waals surface area contributed by atoms with E-state index >= 15 is 0 Å². The molecule has 0 amide bonds. The van der Waals surface area contributed by atoms with Gasteiger partial charge in [-0.05, 0) is 49.1 Å². The van der Waals surface area contributed by atoms with Crippen molar-refractivity contribution < 1.29 is 9.13 Å². The zero-order valence-electron chi connectivity index (χ0n) is 16.0. The van der Waals surface area contributed by atoms with Gasteiger partial charge < -0.3 is 15.4 Å². The molecule has 0 saturated carbocycles. The van der Waals surface area contributed by atoms with Crippen molar-refractivity contribution in [3.05, 3.63) is 70.5 Å². The predicted octanol–water partition coefficient (Wildman–Crippen LogP) is 4.10. The minimum Gasteiger partial charge on any atom is -0.377 e. The molecule has 0 aliphatic heterocycles. The fourth-order valence-corrected chi connectivity index (χ4v) is 2.52. The van der Waals surface area contributed by atoms with Crippen molar-refractivity contribution in [3.8, 4) is 0 Å². The molecule has 26 heavy (non-hydrogen) atoms. The van der Waals surface area contributed by atoms with Crippen molar-refractivity contribution in [2.24, 2.45) is 4.99 Å². The van der Waals surface area contributed by atoms with Crippen LogP contribution in [0.4, 0.5) is 4.39 Å². The Balaban J connectivity index is 1.89. The zero-order valence-corrected chi connectivity index (χ0v) is 16.0. The summed E-state index contributed by atoms with van der Waals surface area (Å²) in [7, 11) is 1.73. The Bertz CT molecular complexity index is 729. The van der Waals surface area contributed by atoms with E-state index in [1.165, 1.54) is 0 Å². The van der Waals surface area contributed by atoms with Crippen LogP contribution in [0.15, 0.2) is 47.5 Å². The smallest absolute Gasteiger partial charge is 0.191 e. The van der Waals surface area contributed by atoms with Crippen molar-refractivity contribution >= 4 is 5.96 Å². The topological polar surface area (TPSA) is 45.6 Å². The van der Waals surface area contributed by atoms with Gasteiger partial charge in [-0.15, -0.1) is 0 Å². The van der Waals surface area contributed by atoms with Crippen molar-refractivity contribution in [2.75, 3.05) is 13.7 Å². The third-order valence-electron chi connectivity index (χ3n) is 4.23. The number of guanidine groups is 1.